The maximum absolute atomic E-state index is 12.7. The lowest BCUT2D eigenvalue weighted by Crippen LogP contribution is -2.13. The highest BCUT2D eigenvalue weighted by atomic mass is 127. The standard InChI is InChI=1S/C27H25IN2O4/c1-4-33-23-7-5-6-22(15-23)30-27(31)21(16-29)12-20-13-24(28)26(25(14-20)32-3)34-17-19-10-8-18(2)9-11-19/h5-15H,4,17H2,1-3H3,(H,30,31)/b21-12-. The van der Waals surface area contributed by atoms with Gasteiger partial charge in [0, 0.05) is 11.8 Å². The molecule has 3 rings (SSSR count). The number of nitriles is 1. The van der Waals surface area contributed by atoms with Crippen LogP contribution in [-0.2, 0) is 11.4 Å². The molecule has 3 aromatic rings. The van der Waals surface area contributed by atoms with Crippen LogP contribution in [0.4, 0.5) is 5.69 Å². The highest BCUT2D eigenvalue weighted by Gasteiger charge is 2.14. The van der Waals surface area contributed by atoms with Crippen LogP contribution in [0.25, 0.3) is 6.08 Å². The topological polar surface area (TPSA) is 80.6 Å². The van der Waals surface area contributed by atoms with E-state index in [4.69, 9.17) is 14.2 Å². The van der Waals surface area contributed by atoms with Gasteiger partial charge in [0.15, 0.2) is 11.5 Å². The first-order chi connectivity index (χ1) is 16.4. The van der Waals surface area contributed by atoms with Crippen molar-refractivity contribution in [2.75, 3.05) is 19.0 Å². The summed E-state index contributed by atoms with van der Waals surface area (Å²) in [5.74, 6) is 1.26. The van der Waals surface area contributed by atoms with Crippen molar-refractivity contribution in [1.82, 2.24) is 0 Å². The smallest absolute Gasteiger partial charge is 0.266 e. The summed E-state index contributed by atoms with van der Waals surface area (Å²) in [6.45, 7) is 4.84. The van der Waals surface area contributed by atoms with Gasteiger partial charge >= 0.3 is 0 Å². The molecule has 6 nitrogen and oxygen atoms in total. The van der Waals surface area contributed by atoms with Crippen LogP contribution in [0.2, 0.25) is 0 Å². The minimum Gasteiger partial charge on any atom is -0.494 e. The highest BCUT2D eigenvalue weighted by molar-refractivity contribution is 14.1. The lowest BCUT2D eigenvalue weighted by atomic mass is 10.1. The van der Waals surface area contributed by atoms with Gasteiger partial charge in [0.2, 0.25) is 0 Å². The molecule has 0 aromatic heterocycles. The Morgan fingerprint density at radius 2 is 1.88 bits per heavy atom. The number of aryl methyl sites for hydroxylation is 1. The van der Waals surface area contributed by atoms with Crippen molar-refractivity contribution in [2.45, 2.75) is 20.5 Å². The van der Waals surface area contributed by atoms with Gasteiger partial charge in [-0.05, 0) is 77.9 Å². The maximum atomic E-state index is 12.7. The molecule has 0 bridgehead atoms. The molecule has 0 aliphatic heterocycles. The molecule has 0 unspecified atom stereocenters. The minimum atomic E-state index is -0.509. The first kappa shape index (κ1) is 25.1. The second-order valence-electron chi connectivity index (χ2n) is 7.39. The summed E-state index contributed by atoms with van der Waals surface area (Å²) in [6, 6.07) is 20.7. The van der Waals surface area contributed by atoms with Gasteiger partial charge in [0.25, 0.3) is 5.91 Å². The fourth-order valence-electron chi connectivity index (χ4n) is 3.15. The van der Waals surface area contributed by atoms with Crippen LogP contribution in [0, 0.1) is 21.8 Å². The number of nitrogens with one attached hydrogen (secondary N) is 1. The Morgan fingerprint density at radius 3 is 2.56 bits per heavy atom. The Balaban J connectivity index is 1.79. The van der Waals surface area contributed by atoms with Crippen LogP contribution < -0.4 is 19.5 Å². The molecule has 0 saturated heterocycles. The summed E-state index contributed by atoms with van der Waals surface area (Å²) in [6.07, 6.45) is 1.52. The van der Waals surface area contributed by atoms with E-state index in [1.165, 1.54) is 11.6 Å². The van der Waals surface area contributed by atoms with Gasteiger partial charge in [-0.2, -0.15) is 5.26 Å². The molecule has 7 heteroatoms. The summed E-state index contributed by atoms with van der Waals surface area (Å²) < 4.78 is 17.8. The predicted molar refractivity (Wildman–Crippen MR) is 141 cm³/mol. The van der Waals surface area contributed by atoms with E-state index < -0.39 is 5.91 Å². The van der Waals surface area contributed by atoms with Gasteiger partial charge in [-0.1, -0.05) is 35.9 Å². The number of methoxy groups -OCH3 is 1. The van der Waals surface area contributed by atoms with E-state index in [0.717, 1.165) is 9.13 Å². The van der Waals surface area contributed by atoms with E-state index in [1.54, 1.807) is 37.4 Å². The van der Waals surface area contributed by atoms with E-state index in [9.17, 15) is 10.1 Å². The molecule has 0 spiro atoms. The summed E-state index contributed by atoms with van der Waals surface area (Å²) >= 11 is 2.16. The van der Waals surface area contributed by atoms with E-state index in [0.29, 0.717) is 41.7 Å². The fraction of sp³-hybridized carbons (Fsp3) is 0.185. The molecule has 0 heterocycles. The van der Waals surface area contributed by atoms with Crippen molar-refractivity contribution >= 4 is 40.3 Å². The predicted octanol–water partition coefficient (Wildman–Crippen LogP) is 6.13. The molecule has 3 aromatic carbocycles. The zero-order valence-electron chi connectivity index (χ0n) is 19.2. The van der Waals surface area contributed by atoms with Crippen molar-refractivity contribution in [2.24, 2.45) is 0 Å². The number of carbonyl (C=O) groups is 1. The number of hydrogen-bond donors (Lipinski definition) is 1. The number of benzene rings is 3. The van der Waals surface area contributed by atoms with Crippen molar-refractivity contribution in [3.63, 3.8) is 0 Å². The van der Waals surface area contributed by atoms with E-state index >= 15 is 0 Å². The summed E-state index contributed by atoms with van der Waals surface area (Å²) in [5, 5.41) is 12.3. The first-order valence-corrected chi connectivity index (χ1v) is 11.7. The van der Waals surface area contributed by atoms with Gasteiger partial charge in [0.05, 0.1) is 17.3 Å². The second kappa shape index (κ2) is 12.1. The van der Waals surface area contributed by atoms with Crippen molar-refractivity contribution in [1.29, 1.82) is 5.26 Å². The molecule has 0 fully saturated rings. The number of hydrogen-bond acceptors (Lipinski definition) is 5. The molecule has 1 amide bonds. The average Bonchev–Trinajstić information content (AvgIpc) is 2.83. The molecule has 34 heavy (non-hydrogen) atoms. The fourth-order valence-corrected chi connectivity index (χ4v) is 3.93. The van der Waals surface area contributed by atoms with Crippen LogP contribution >= 0.6 is 22.6 Å². The maximum Gasteiger partial charge on any atom is 0.266 e. The Bertz CT molecular complexity index is 1230. The third-order valence-corrected chi connectivity index (χ3v) is 5.64. The number of carbonyl (C=O) groups excluding carboxylic acids is 1. The largest absolute Gasteiger partial charge is 0.494 e. The molecule has 0 radical (unpaired) electrons. The summed E-state index contributed by atoms with van der Waals surface area (Å²) in [4.78, 5) is 12.7. The third kappa shape index (κ3) is 6.75. The van der Waals surface area contributed by atoms with Gasteiger partial charge in [0.1, 0.15) is 24.0 Å². The molecule has 0 aliphatic rings. The van der Waals surface area contributed by atoms with Crippen molar-refractivity contribution < 1.29 is 19.0 Å². The Labute approximate surface area is 213 Å². The molecule has 174 valence electrons. The summed E-state index contributed by atoms with van der Waals surface area (Å²) in [7, 11) is 1.56. The summed E-state index contributed by atoms with van der Waals surface area (Å²) in [5.41, 5.74) is 3.39. The van der Waals surface area contributed by atoms with E-state index in [-0.39, 0.29) is 5.57 Å². The zero-order chi connectivity index (χ0) is 24.5. The van der Waals surface area contributed by atoms with Crippen LogP contribution in [0.5, 0.6) is 17.2 Å². The van der Waals surface area contributed by atoms with Crippen LogP contribution in [0.3, 0.4) is 0 Å². The number of rotatable bonds is 9. The normalized spacial score (nSPS) is 10.9. The lowest BCUT2D eigenvalue weighted by molar-refractivity contribution is -0.112. The quantitative estimate of drug-likeness (QED) is 0.191. The number of halogens is 1. The molecule has 0 saturated carbocycles. The van der Waals surface area contributed by atoms with Crippen LogP contribution in [0.15, 0.2) is 66.2 Å². The second-order valence-corrected chi connectivity index (χ2v) is 8.56. The SMILES string of the molecule is CCOc1cccc(NC(=O)/C(C#N)=C\c2cc(I)c(OCc3ccc(C)cc3)c(OC)c2)c1. The Morgan fingerprint density at radius 1 is 1.12 bits per heavy atom. The van der Waals surface area contributed by atoms with Crippen LogP contribution in [-0.4, -0.2) is 19.6 Å². The van der Waals surface area contributed by atoms with E-state index in [2.05, 4.69) is 27.9 Å². The average molecular weight is 568 g/mol. The molecular weight excluding hydrogens is 543 g/mol. The number of anilines is 1. The van der Waals surface area contributed by atoms with Gasteiger partial charge in [-0.15, -0.1) is 0 Å². The Hall–Kier alpha value is -3.51. The zero-order valence-corrected chi connectivity index (χ0v) is 21.4. The van der Waals surface area contributed by atoms with Crippen LogP contribution in [0.1, 0.15) is 23.6 Å². The first-order valence-electron chi connectivity index (χ1n) is 10.7. The molecule has 0 atom stereocenters. The monoisotopic (exact) mass is 568 g/mol. The molecular formula is C27H25IN2O4. The van der Waals surface area contributed by atoms with Crippen molar-refractivity contribution in [3.8, 4) is 23.3 Å². The van der Waals surface area contributed by atoms with Gasteiger partial charge in [-0.25, -0.2) is 0 Å². The number of amides is 1. The number of ether oxygens (including phenoxy) is 3. The van der Waals surface area contributed by atoms with Crippen molar-refractivity contribution in [3.05, 3.63) is 86.5 Å². The Kier molecular flexibility index (Phi) is 8.93. The third-order valence-electron chi connectivity index (χ3n) is 4.83. The molecule has 0 aliphatic carbocycles. The van der Waals surface area contributed by atoms with Gasteiger partial charge in [-0.3, -0.25) is 4.79 Å². The lowest BCUT2D eigenvalue weighted by Gasteiger charge is -2.14. The molecule has 1 N–H and O–H groups in total. The minimum absolute atomic E-state index is 0.0343. The van der Waals surface area contributed by atoms with E-state index in [1.807, 2.05) is 50.2 Å². The van der Waals surface area contributed by atoms with Gasteiger partial charge < -0.3 is 19.5 Å². The highest BCUT2D eigenvalue weighted by Crippen LogP contribution is 2.35. The number of nitrogens with zero attached hydrogens (tertiary/aromatic N) is 1.